The smallest absolute Gasteiger partial charge is 0.322 e. The Morgan fingerprint density at radius 1 is 1.21 bits per heavy atom. The minimum absolute atomic E-state index is 0.00131. The highest BCUT2D eigenvalue weighted by Crippen LogP contribution is 2.32. The summed E-state index contributed by atoms with van der Waals surface area (Å²) in [5, 5.41) is 3.03. The molecule has 0 bridgehead atoms. The molecule has 1 atom stereocenters. The standard InChI is InChI=1S/C19H20N4O/c1-13-7-2-3-8-14(13)22-19(24)23-12-6-11-17(23)18-20-15-9-4-5-10-16(15)21-18/h2-5,7-10,17H,6,11-12H2,1H3,(H,20,21)(H,22,24). The first kappa shape index (κ1) is 14.8. The minimum Gasteiger partial charge on any atom is -0.340 e. The second-order valence-corrected chi connectivity index (χ2v) is 6.24. The third-order valence-electron chi connectivity index (χ3n) is 4.62. The third-order valence-corrected chi connectivity index (χ3v) is 4.62. The van der Waals surface area contributed by atoms with Crippen molar-refractivity contribution in [2.24, 2.45) is 0 Å². The van der Waals surface area contributed by atoms with Gasteiger partial charge in [-0.1, -0.05) is 30.3 Å². The predicted molar refractivity (Wildman–Crippen MR) is 95.0 cm³/mol. The van der Waals surface area contributed by atoms with Gasteiger partial charge in [0, 0.05) is 12.2 Å². The lowest BCUT2D eigenvalue weighted by Gasteiger charge is -2.24. The minimum atomic E-state index is -0.0627. The van der Waals surface area contributed by atoms with Crippen LogP contribution in [0.5, 0.6) is 0 Å². The molecule has 1 unspecified atom stereocenters. The largest absolute Gasteiger partial charge is 0.340 e. The van der Waals surface area contributed by atoms with Crippen LogP contribution in [0.3, 0.4) is 0 Å². The van der Waals surface area contributed by atoms with Gasteiger partial charge in [-0.15, -0.1) is 0 Å². The molecular formula is C19H20N4O. The molecule has 1 saturated heterocycles. The second-order valence-electron chi connectivity index (χ2n) is 6.24. The van der Waals surface area contributed by atoms with Gasteiger partial charge in [0.15, 0.2) is 0 Å². The number of aryl methyl sites for hydroxylation is 1. The number of nitrogens with zero attached hydrogens (tertiary/aromatic N) is 2. The first-order chi connectivity index (χ1) is 11.7. The van der Waals surface area contributed by atoms with E-state index in [1.165, 1.54) is 0 Å². The van der Waals surface area contributed by atoms with E-state index in [2.05, 4.69) is 15.3 Å². The number of likely N-dealkylation sites (tertiary alicyclic amines) is 1. The first-order valence-electron chi connectivity index (χ1n) is 8.30. The summed E-state index contributed by atoms with van der Waals surface area (Å²) >= 11 is 0. The van der Waals surface area contributed by atoms with Crippen LogP contribution in [0.25, 0.3) is 11.0 Å². The van der Waals surface area contributed by atoms with Crippen molar-refractivity contribution in [2.45, 2.75) is 25.8 Å². The maximum absolute atomic E-state index is 12.7. The van der Waals surface area contributed by atoms with Crippen LogP contribution >= 0.6 is 0 Å². The van der Waals surface area contributed by atoms with Crippen LogP contribution < -0.4 is 5.32 Å². The fourth-order valence-electron chi connectivity index (χ4n) is 3.32. The average Bonchev–Trinajstić information content (AvgIpc) is 3.23. The summed E-state index contributed by atoms with van der Waals surface area (Å²) < 4.78 is 0. The van der Waals surface area contributed by atoms with E-state index in [0.717, 1.165) is 47.5 Å². The molecule has 5 heteroatoms. The van der Waals surface area contributed by atoms with Crippen LogP contribution in [-0.4, -0.2) is 27.4 Å². The van der Waals surface area contributed by atoms with Gasteiger partial charge in [-0.05, 0) is 43.5 Å². The SMILES string of the molecule is Cc1ccccc1NC(=O)N1CCCC1c1nc2ccccc2[nH]1. The number of aromatic nitrogens is 2. The lowest BCUT2D eigenvalue weighted by atomic mass is 10.2. The molecule has 2 aromatic carbocycles. The van der Waals surface area contributed by atoms with Crippen molar-refractivity contribution < 1.29 is 4.79 Å². The number of carbonyl (C=O) groups is 1. The molecule has 0 radical (unpaired) electrons. The molecule has 0 saturated carbocycles. The second kappa shape index (κ2) is 6.00. The van der Waals surface area contributed by atoms with E-state index in [1.807, 2.05) is 60.4 Å². The fraction of sp³-hybridized carbons (Fsp3) is 0.263. The lowest BCUT2D eigenvalue weighted by molar-refractivity contribution is 0.205. The van der Waals surface area contributed by atoms with Gasteiger partial charge in [0.25, 0.3) is 0 Å². The number of rotatable bonds is 2. The van der Waals surface area contributed by atoms with Crippen molar-refractivity contribution in [3.63, 3.8) is 0 Å². The monoisotopic (exact) mass is 320 g/mol. The molecule has 1 aliphatic heterocycles. The highest BCUT2D eigenvalue weighted by molar-refractivity contribution is 5.90. The average molecular weight is 320 g/mol. The summed E-state index contributed by atoms with van der Waals surface area (Å²) in [6.45, 7) is 2.75. The molecule has 2 heterocycles. The van der Waals surface area contributed by atoms with Gasteiger partial charge in [-0.25, -0.2) is 9.78 Å². The zero-order valence-electron chi connectivity index (χ0n) is 13.6. The van der Waals surface area contributed by atoms with Crippen molar-refractivity contribution in [2.75, 3.05) is 11.9 Å². The third kappa shape index (κ3) is 2.62. The van der Waals surface area contributed by atoms with E-state index in [4.69, 9.17) is 0 Å². The van der Waals surface area contributed by atoms with Gasteiger partial charge < -0.3 is 15.2 Å². The van der Waals surface area contributed by atoms with Crippen molar-refractivity contribution in [1.29, 1.82) is 0 Å². The molecular weight excluding hydrogens is 300 g/mol. The molecule has 3 aromatic rings. The van der Waals surface area contributed by atoms with Crippen LogP contribution in [0, 0.1) is 6.92 Å². The molecule has 1 aromatic heterocycles. The van der Waals surface area contributed by atoms with Crippen LogP contribution in [-0.2, 0) is 0 Å². The highest BCUT2D eigenvalue weighted by Gasteiger charge is 2.32. The molecule has 0 spiro atoms. The topological polar surface area (TPSA) is 61.0 Å². The van der Waals surface area contributed by atoms with E-state index < -0.39 is 0 Å². The van der Waals surface area contributed by atoms with E-state index >= 15 is 0 Å². The van der Waals surface area contributed by atoms with Gasteiger partial charge in [0.1, 0.15) is 5.82 Å². The number of imidazole rings is 1. The number of urea groups is 1. The Morgan fingerprint density at radius 2 is 2.00 bits per heavy atom. The summed E-state index contributed by atoms with van der Waals surface area (Å²) in [7, 11) is 0. The number of fused-ring (bicyclic) bond motifs is 1. The summed E-state index contributed by atoms with van der Waals surface area (Å²) in [6, 6.07) is 15.7. The Morgan fingerprint density at radius 3 is 2.83 bits per heavy atom. The first-order valence-corrected chi connectivity index (χ1v) is 8.30. The number of anilines is 1. The van der Waals surface area contributed by atoms with E-state index in [-0.39, 0.29) is 12.1 Å². The molecule has 0 aliphatic carbocycles. The van der Waals surface area contributed by atoms with Crippen molar-refractivity contribution in [1.82, 2.24) is 14.9 Å². The number of para-hydroxylation sites is 3. The summed E-state index contributed by atoms with van der Waals surface area (Å²) in [4.78, 5) is 22.7. The number of H-pyrrole nitrogens is 1. The summed E-state index contributed by atoms with van der Waals surface area (Å²) in [6.07, 6.45) is 1.92. The lowest BCUT2D eigenvalue weighted by Crippen LogP contribution is -2.35. The number of benzene rings is 2. The number of nitrogens with one attached hydrogen (secondary N) is 2. The molecule has 5 nitrogen and oxygen atoms in total. The summed E-state index contributed by atoms with van der Waals surface area (Å²) in [5.74, 6) is 0.869. The molecule has 2 N–H and O–H groups in total. The Hall–Kier alpha value is -2.82. The predicted octanol–water partition coefficient (Wildman–Crippen LogP) is 4.24. The normalized spacial score (nSPS) is 17.4. The zero-order valence-corrected chi connectivity index (χ0v) is 13.6. The van der Waals surface area contributed by atoms with E-state index in [0.29, 0.717) is 0 Å². The molecule has 4 rings (SSSR count). The van der Waals surface area contributed by atoms with Gasteiger partial charge in [-0.2, -0.15) is 0 Å². The van der Waals surface area contributed by atoms with Gasteiger partial charge >= 0.3 is 6.03 Å². The maximum atomic E-state index is 12.7. The zero-order chi connectivity index (χ0) is 16.5. The number of amides is 2. The number of hydrogen-bond donors (Lipinski definition) is 2. The Bertz CT molecular complexity index is 853. The van der Waals surface area contributed by atoms with E-state index in [9.17, 15) is 4.79 Å². The Labute approximate surface area is 140 Å². The van der Waals surface area contributed by atoms with Crippen LogP contribution in [0.1, 0.15) is 30.3 Å². The Balaban J connectivity index is 1.58. The van der Waals surface area contributed by atoms with Gasteiger partial charge in [0.05, 0.1) is 17.1 Å². The van der Waals surface area contributed by atoms with Crippen molar-refractivity contribution in [3.05, 3.63) is 59.9 Å². The van der Waals surface area contributed by atoms with Crippen LogP contribution in [0.2, 0.25) is 0 Å². The number of aromatic amines is 1. The highest BCUT2D eigenvalue weighted by atomic mass is 16.2. The summed E-state index contributed by atoms with van der Waals surface area (Å²) in [5.41, 5.74) is 3.88. The van der Waals surface area contributed by atoms with Gasteiger partial charge in [0.2, 0.25) is 0 Å². The Kier molecular flexibility index (Phi) is 3.69. The van der Waals surface area contributed by atoms with Crippen molar-refractivity contribution >= 4 is 22.8 Å². The molecule has 1 fully saturated rings. The van der Waals surface area contributed by atoms with Gasteiger partial charge in [-0.3, -0.25) is 0 Å². The maximum Gasteiger partial charge on any atom is 0.322 e. The van der Waals surface area contributed by atoms with Crippen LogP contribution in [0.15, 0.2) is 48.5 Å². The van der Waals surface area contributed by atoms with E-state index in [1.54, 1.807) is 0 Å². The number of hydrogen-bond acceptors (Lipinski definition) is 2. The van der Waals surface area contributed by atoms with Crippen LogP contribution in [0.4, 0.5) is 10.5 Å². The quantitative estimate of drug-likeness (QED) is 0.742. The molecule has 2 amide bonds. The molecule has 24 heavy (non-hydrogen) atoms. The fourth-order valence-corrected chi connectivity index (χ4v) is 3.32. The van der Waals surface area contributed by atoms with Crippen molar-refractivity contribution in [3.8, 4) is 0 Å². The number of carbonyl (C=O) groups excluding carboxylic acids is 1. The molecule has 122 valence electrons. The molecule has 1 aliphatic rings.